The number of carboxylic acid groups (broad SMARTS) is 1. The molecule has 3 aromatic rings. The first-order chi connectivity index (χ1) is 21.0. The van der Waals surface area contributed by atoms with Crippen molar-refractivity contribution >= 4 is 23.3 Å². The van der Waals surface area contributed by atoms with Crippen LogP contribution in [0.25, 0.3) is 4.85 Å². The number of benzene rings is 2. The highest BCUT2D eigenvalue weighted by Gasteiger charge is 2.32. The van der Waals surface area contributed by atoms with Gasteiger partial charge in [0.15, 0.2) is 5.69 Å². The maximum absolute atomic E-state index is 13.7. The van der Waals surface area contributed by atoms with E-state index in [1.165, 1.54) is 22.0 Å². The molecule has 1 heterocycles. The first-order valence-corrected chi connectivity index (χ1v) is 15.2. The number of aromatic nitrogens is 4. The van der Waals surface area contributed by atoms with E-state index in [-0.39, 0.29) is 24.1 Å². The summed E-state index contributed by atoms with van der Waals surface area (Å²) in [5, 5.41) is 22.0. The van der Waals surface area contributed by atoms with E-state index in [2.05, 4.69) is 44.2 Å². The van der Waals surface area contributed by atoms with Crippen LogP contribution in [0.1, 0.15) is 73.3 Å². The lowest BCUT2D eigenvalue weighted by molar-refractivity contribution is -0.143. The number of anilines is 2. The summed E-state index contributed by atoms with van der Waals surface area (Å²) >= 11 is 0. The van der Waals surface area contributed by atoms with Crippen molar-refractivity contribution in [2.75, 3.05) is 22.9 Å². The van der Waals surface area contributed by atoms with Crippen molar-refractivity contribution in [1.29, 1.82) is 0 Å². The third-order valence-corrected chi connectivity index (χ3v) is 8.89. The number of hydrogen-bond donors (Lipinski definition) is 1. The molecule has 0 radical (unpaired) electrons. The minimum atomic E-state index is -4.58. The molecular weight excluding hydrogens is 571 g/mol. The van der Waals surface area contributed by atoms with Gasteiger partial charge in [-0.25, -0.2) is 4.85 Å². The van der Waals surface area contributed by atoms with Gasteiger partial charge in [0, 0.05) is 37.4 Å². The van der Waals surface area contributed by atoms with E-state index in [1.807, 2.05) is 4.90 Å². The van der Waals surface area contributed by atoms with Crippen molar-refractivity contribution in [3.63, 3.8) is 0 Å². The summed E-state index contributed by atoms with van der Waals surface area (Å²) in [7, 11) is 1.64. The lowest BCUT2D eigenvalue weighted by Gasteiger charge is -2.35. The quantitative estimate of drug-likeness (QED) is 0.260. The van der Waals surface area contributed by atoms with Gasteiger partial charge in [0.25, 0.3) is 5.95 Å². The number of rotatable bonds is 10. The molecule has 2 aromatic carbocycles. The molecule has 44 heavy (non-hydrogen) atoms. The van der Waals surface area contributed by atoms with Gasteiger partial charge >= 0.3 is 12.1 Å². The van der Waals surface area contributed by atoms with Crippen molar-refractivity contribution in [3.05, 3.63) is 69.6 Å². The fraction of sp³-hybridized carbons (Fsp3) is 0.531. The summed E-state index contributed by atoms with van der Waals surface area (Å²) in [4.78, 5) is 20.3. The standard InChI is InChI=1S/C32H38F3N7O2/c1-4-41(18-21-9-11-23(12-10-21)30(43)44)29-16-25-8-6-5-7-24(25)15-26(29)20-42(31-37-39-40(3)38-31)19-22-13-27(32(33,34)35)17-28(14-22)36-2/h13-17,21,23H,4-12,18-20H2,1,3H3,(H,43,44)/t21-,23-. The molecule has 2 aliphatic carbocycles. The van der Waals surface area contributed by atoms with Crippen LogP contribution in [-0.4, -0.2) is 44.4 Å². The van der Waals surface area contributed by atoms with Gasteiger partial charge < -0.3 is 14.9 Å². The van der Waals surface area contributed by atoms with Crippen LogP contribution in [0.5, 0.6) is 0 Å². The largest absolute Gasteiger partial charge is 0.481 e. The zero-order valence-electron chi connectivity index (χ0n) is 25.1. The van der Waals surface area contributed by atoms with E-state index in [0.717, 1.165) is 75.0 Å². The molecule has 0 amide bonds. The maximum atomic E-state index is 13.7. The second-order valence-electron chi connectivity index (χ2n) is 12.0. The predicted molar refractivity (Wildman–Crippen MR) is 160 cm³/mol. The number of halogens is 3. The van der Waals surface area contributed by atoms with Gasteiger partial charge in [-0.05, 0) is 110 Å². The van der Waals surface area contributed by atoms with Crippen molar-refractivity contribution in [3.8, 4) is 0 Å². The fourth-order valence-electron chi connectivity index (χ4n) is 6.56. The molecule has 2 aliphatic rings. The van der Waals surface area contributed by atoms with Crippen LogP contribution in [0.15, 0.2) is 30.3 Å². The Labute approximate surface area is 255 Å². The number of tetrazole rings is 1. The van der Waals surface area contributed by atoms with Crippen molar-refractivity contribution in [2.45, 2.75) is 77.6 Å². The summed E-state index contributed by atoms with van der Waals surface area (Å²) < 4.78 is 41.1. The normalized spacial score (nSPS) is 18.4. The highest BCUT2D eigenvalue weighted by Crippen LogP contribution is 2.36. The second kappa shape index (κ2) is 13.2. The van der Waals surface area contributed by atoms with Crippen molar-refractivity contribution in [1.82, 2.24) is 20.2 Å². The van der Waals surface area contributed by atoms with Gasteiger partial charge in [-0.3, -0.25) is 4.79 Å². The zero-order chi connectivity index (χ0) is 31.4. The molecule has 1 aromatic heterocycles. The molecule has 234 valence electrons. The molecule has 0 aliphatic heterocycles. The molecule has 5 rings (SSSR count). The van der Waals surface area contributed by atoms with Crippen LogP contribution < -0.4 is 9.80 Å². The smallest absolute Gasteiger partial charge is 0.415 e. The van der Waals surface area contributed by atoms with E-state index in [0.29, 0.717) is 30.9 Å². The summed E-state index contributed by atoms with van der Waals surface area (Å²) in [5.41, 5.74) is 4.11. The number of fused-ring (bicyclic) bond motifs is 1. The van der Waals surface area contributed by atoms with Crippen LogP contribution in [0, 0.1) is 18.4 Å². The summed E-state index contributed by atoms with van der Waals surface area (Å²) in [6.45, 7) is 11.4. The fourth-order valence-corrected chi connectivity index (χ4v) is 6.56. The van der Waals surface area contributed by atoms with Crippen molar-refractivity contribution in [2.24, 2.45) is 18.9 Å². The minimum Gasteiger partial charge on any atom is -0.481 e. The summed E-state index contributed by atoms with van der Waals surface area (Å²) in [6.07, 6.45) is 2.73. The highest BCUT2D eigenvalue weighted by atomic mass is 19.4. The topological polar surface area (TPSA) is 91.7 Å². The Hall–Kier alpha value is -4.14. The van der Waals surface area contributed by atoms with E-state index in [1.54, 1.807) is 7.05 Å². The number of nitrogens with zero attached hydrogens (tertiary/aromatic N) is 7. The number of aryl methyl sites for hydroxylation is 3. The molecule has 1 N–H and O–H groups in total. The van der Waals surface area contributed by atoms with Crippen LogP contribution >= 0.6 is 0 Å². The van der Waals surface area contributed by atoms with Crippen molar-refractivity contribution < 1.29 is 23.1 Å². The van der Waals surface area contributed by atoms with Gasteiger partial charge in [0.2, 0.25) is 0 Å². The molecule has 9 nitrogen and oxygen atoms in total. The summed E-state index contributed by atoms with van der Waals surface area (Å²) in [6, 6.07) is 7.93. The molecule has 1 saturated carbocycles. The summed E-state index contributed by atoms with van der Waals surface area (Å²) in [5.74, 6) is -0.319. The van der Waals surface area contributed by atoms with Crippen LogP contribution in [0.4, 0.5) is 30.5 Å². The van der Waals surface area contributed by atoms with Crippen LogP contribution in [0.3, 0.4) is 0 Å². The molecule has 0 spiro atoms. The number of aliphatic carboxylic acids is 1. The van der Waals surface area contributed by atoms with Crippen LogP contribution in [-0.2, 0) is 43.9 Å². The molecule has 1 fully saturated rings. The van der Waals surface area contributed by atoms with E-state index in [9.17, 15) is 23.1 Å². The predicted octanol–water partition coefficient (Wildman–Crippen LogP) is 6.58. The minimum absolute atomic E-state index is 0.0555. The molecule has 0 unspecified atom stereocenters. The molecule has 0 bridgehead atoms. The Balaban J connectivity index is 1.49. The Kier molecular flexibility index (Phi) is 9.42. The highest BCUT2D eigenvalue weighted by molar-refractivity contribution is 5.70. The third-order valence-electron chi connectivity index (χ3n) is 8.89. The first kappa shape index (κ1) is 31.3. The van der Waals surface area contributed by atoms with Gasteiger partial charge in [-0.15, -0.1) is 5.10 Å². The Morgan fingerprint density at radius 1 is 1.05 bits per heavy atom. The van der Waals surface area contributed by atoms with Gasteiger partial charge in [0.05, 0.1) is 19.5 Å². The van der Waals surface area contributed by atoms with E-state index in [4.69, 9.17) is 6.57 Å². The number of alkyl halides is 3. The third kappa shape index (κ3) is 7.31. The van der Waals surface area contributed by atoms with Crippen LogP contribution in [0.2, 0.25) is 0 Å². The Morgan fingerprint density at radius 2 is 1.75 bits per heavy atom. The van der Waals surface area contributed by atoms with Gasteiger partial charge in [-0.2, -0.15) is 18.0 Å². The molecule has 0 saturated heterocycles. The number of carboxylic acids is 1. The first-order valence-electron chi connectivity index (χ1n) is 15.2. The Bertz CT molecular complexity index is 1520. The SMILES string of the molecule is [C-]#[N+]c1cc(CN(Cc2cc3c(cc2N(CC)C[C@H]2CC[C@H](C(=O)O)CC2)CCCC3)c2nnn(C)n2)cc(C(F)(F)F)c1. The lowest BCUT2D eigenvalue weighted by atomic mass is 9.81. The molecule has 0 atom stereocenters. The lowest BCUT2D eigenvalue weighted by Crippen LogP contribution is -2.34. The van der Waals surface area contributed by atoms with Gasteiger partial charge in [0.1, 0.15) is 0 Å². The average Bonchev–Trinajstić information content (AvgIpc) is 3.45. The zero-order valence-corrected chi connectivity index (χ0v) is 25.1. The molecular formula is C32H38F3N7O2. The van der Waals surface area contributed by atoms with E-state index < -0.39 is 17.7 Å². The van der Waals surface area contributed by atoms with E-state index >= 15 is 0 Å². The second-order valence-corrected chi connectivity index (χ2v) is 12.0. The molecule has 12 heteroatoms. The monoisotopic (exact) mass is 609 g/mol. The number of carbonyl (C=O) groups is 1. The maximum Gasteiger partial charge on any atom is 0.415 e. The average molecular weight is 610 g/mol. The number of hydrogen-bond acceptors (Lipinski definition) is 6. The Morgan fingerprint density at radius 3 is 2.34 bits per heavy atom. The van der Waals surface area contributed by atoms with Gasteiger partial charge in [-0.1, -0.05) is 17.2 Å².